The fourth-order valence-corrected chi connectivity index (χ4v) is 8.81. The molecule has 71 heavy (non-hydrogen) atoms. The van der Waals surface area contributed by atoms with Crippen LogP contribution in [0.5, 0.6) is 0 Å². The van der Waals surface area contributed by atoms with Gasteiger partial charge in [-0.2, -0.15) is 4.31 Å². The quantitative estimate of drug-likeness (QED) is 0.0536. The van der Waals surface area contributed by atoms with Gasteiger partial charge in [-0.25, -0.2) is 9.97 Å². The predicted octanol–water partition coefficient (Wildman–Crippen LogP) is 14.7. The molecule has 370 valence electrons. The number of aliphatic hydroxyl groups excluding tert-OH is 1. The number of hydrogen-bond donors (Lipinski definition) is 3. The highest BCUT2D eigenvalue weighted by Gasteiger charge is 2.28. The summed E-state index contributed by atoms with van der Waals surface area (Å²) in [4.78, 5) is 8.97. The Morgan fingerprint density at radius 3 is 1.42 bits per heavy atom. The van der Waals surface area contributed by atoms with Crippen LogP contribution in [0, 0.1) is 23.7 Å². The van der Waals surface area contributed by atoms with Crippen LogP contribution < -0.4 is 11.5 Å². The molecule has 0 atom stereocenters. The molecule has 0 bridgehead atoms. The van der Waals surface area contributed by atoms with Crippen LogP contribution in [0.2, 0.25) is 10.0 Å². The van der Waals surface area contributed by atoms with Crippen LogP contribution in [-0.2, 0) is 13.1 Å². The Balaban J connectivity index is 0.000000199. The van der Waals surface area contributed by atoms with Crippen LogP contribution in [0.1, 0.15) is 74.9 Å². The lowest BCUT2D eigenvalue weighted by atomic mass is 10.1. The first-order chi connectivity index (χ1) is 34.3. The number of alkyl halides is 1. The topological polar surface area (TPSA) is 111 Å². The van der Waals surface area contributed by atoms with Crippen LogP contribution in [0.4, 0.5) is 27.7 Å². The summed E-state index contributed by atoms with van der Waals surface area (Å²) >= 11 is 8.14. The van der Waals surface area contributed by atoms with Crippen molar-refractivity contribution in [1.82, 2.24) is 23.4 Å². The Kier molecular flexibility index (Phi) is 20.2. The number of pyridine rings is 2. The van der Waals surface area contributed by atoms with E-state index in [9.17, 15) is 16.0 Å². The number of aromatic nitrogens is 4. The van der Waals surface area contributed by atoms with E-state index in [0.717, 1.165) is 92.5 Å². The van der Waals surface area contributed by atoms with Crippen LogP contribution in [0.3, 0.4) is 0 Å². The number of halogens is 6. The number of nitrogens with zero attached hydrogens (tertiary/aromatic N) is 5. The van der Waals surface area contributed by atoms with Gasteiger partial charge in [0.1, 0.15) is 11.6 Å². The molecule has 0 aliphatic heterocycles. The predicted molar refractivity (Wildman–Crippen MR) is 289 cm³/mol. The van der Waals surface area contributed by atoms with Gasteiger partial charge >= 0.3 is 0 Å². The zero-order valence-electron chi connectivity index (χ0n) is 39.7. The number of hydrogen-bond acceptors (Lipinski definition) is 6. The first-order valence-electron chi connectivity index (χ1n) is 23.3. The molecule has 0 radical (unpaired) electrons. The lowest BCUT2D eigenvalue weighted by Gasteiger charge is -2.23. The molecule has 0 saturated carbocycles. The number of benzene rings is 4. The van der Waals surface area contributed by atoms with Crippen LogP contribution in [-0.4, -0.2) is 54.9 Å². The Morgan fingerprint density at radius 1 is 0.592 bits per heavy atom. The number of aliphatic hydroxyl groups is 1. The molecule has 0 fully saturated rings. The van der Waals surface area contributed by atoms with Gasteiger partial charge in [0.15, 0.2) is 0 Å². The third kappa shape index (κ3) is 15.3. The SMILES string of the molecule is CCN(CC)S(F)(F)F.Nc1cccc(Cn2c(-c3ccccc3Cl)cc3ccc(C#CCCCCF)cc32)n1.Nc1cccc(Cn2c(-c3ccccc3Cl)cc3ccc(C#CCCCCO)cc32)n1. The molecule has 4 aromatic carbocycles. The maximum atomic E-state index is 12.3. The highest BCUT2D eigenvalue weighted by atomic mass is 35.5. The third-order valence-electron chi connectivity index (χ3n) is 11.3. The van der Waals surface area contributed by atoms with Gasteiger partial charge in [0, 0.05) is 75.6 Å². The van der Waals surface area contributed by atoms with E-state index in [1.54, 1.807) is 12.1 Å². The van der Waals surface area contributed by atoms with Crippen molar-refractivity contribution in [1.29, 1.82) is 0 Å². The largest absolute Gasteiger partial charge is 0.396 e. The summed E-state index contributed by atoms with van der Waals surface area (Å²) < 4.78 is 52.4. The monoisotopic (exact) mass is 1020 g/mol. The average molecular weight is 1020 g/mol. The number of nitrogen functional groups attached to an aromatic ring is 2. The second-order valence-electron chi connectivity index (χ2n) is 16.3. The van der Waals surface area contributed by atoms with Crippen molar-refractivity contribution < 1.29 is 21.2 Å². The summed E-state index contributed by atoms with van der Waals surface area (Å²) in [7, 11) is 0. The molecule has 8 aromatic rings. The highest BCUT2D eigenvalue weighted by molar-refractivity contribution is 8.18. The van der Waals surface area contributed by atoms with Gasteiger partial charge in [-0.15, -0.1) is 11.7 Å². The molecule has 4 aromatic heterocycles. The van der Waals surface area contributed by atoms with E-state index >= 15 is 0 Å². The minimum atomic E-state index is -4.93. The van der Waals surface area contributed by atoms with E-state index in [4.69, 9.17) is 39.8 Å². The van der Waals surface area contributed by atoms with Crippen LogP contribution >= 0.6 is 34.6 Å². The summed E-state index contributed by atoms with van der Waals surface area (Å²) in [6, 6.07) is 43.7. The highest BCUT2D eigenvalue weighted by Crippen LogP contribution is 2.56. The summed E-state index contributed by atoms with van der Waals surface area (Å²) in [5.74, 6) is 13.8. The molecule has 8 rings (SSSR count). The van der Waals surface area contributed by atoms with Crippen LogP contribution in [0.25, 0.3) is 44.3 Å². The van der Waals surface area contributed by atoms with Crippen molar-refractivity contribution in [3.63, 3.8) is 0 Å². The molecule has 0 aliphatic carbocycles. The third-order valence-corrected chi connectivity index (χ3v) is 13.0. The molecule has 15 heteroatoms. The summed E-state index contributed by atoms with van der Waals surface area (Å²) in [5.41, 5.74) is 21.5. The number of nitrogens with two attached hydrogens (primary N) is 2. The van der Waals surface area contributed by atoms with Gasteiger partial charge in [0.2, 0.25) is 0 Å². The number of anilines is 2. The van der Waals surface area contributed by atoms with E-state index in [1.165, 1.54) is 13.8 Å². The smallest absolute Gasteiger partial charge is 0.278 e. The first kappa shape index (κ1) is 53.9. The lowest BCUT2D eigenvalue weighted by Crippen LogP contribution is -2.19. The summed E-state index contributed by atoms with van der Waals surface area (Å²) in [6.07, 6.45) is 4.49. The zero-order valence-corrected chi connectivity index (χ0v) is 42.0. The van der Waals surface area contributed by atoms with Gasteiger partial charge in [-0.1, -0.05) is 121 Å². The van der Waals surface area contributed by atoms with Crippen LogP contribution in [0.15, 0.2) is 133 Å². The Labute approximate surface area is 426 Å². The molecule has 4 heterocycles. The minimum Gasteiger partial charge on any atom is -0.396 e. The van der Waals surface area contributed by atoms with Gasteiger partial charge in [0.05, 0.1) is 53.6 Å². The van der Waals surface area contributed by atoms with Gasteiger partial charge in [-0.3, -0.25) is 4.39 Å². The summed E-state index contributed by atoms with van der Waals surface area (Å²) in [6.45, 7) is 4.19. The van der Waals surface area contributed by atoms with Crippen molar-refractivity contribution in [2.24, 2.45) is 0 Å². The van der Waals surface area contributed by atoms with E-state index in [2.05, 4.69) is 79.2 Å². The molecule has 5 N–H and O–H groups in total. The van der Waals surface area contributed by atoms with E-state index < -0.39 is 11.4 Å². The van der Waals surface area contributed by atoms with Crippen molar-refractivity contribution in [3.05, 3.63) is 166 Å². The molecule has 0 aliphatic rings. The van der Waals surface area contributed by atoms with Crippen molar-refractivity contribution in [2.45, 2.75) is 65.5 Å². The lowest BCUT2D eigenvalue weighted by molar-refractivity contribution is 0.285. The van der Waals surface area contributed by atoms with Gasteiger partial charge in [-0.05, 0) is 98.5 Å². The molecule has 0 unspecified atom stereocenters. The maximum absolute atomic E-state index is 12.3. The molecule has 8 nitrogen and oxygen atoms in total. The number of rotatable bonds is 15. The van der Waals surface area contributed by atoms with E-state index in [0.29, 0.717) is 51.9 Å². The second-order valence-corrected chi connectivity index (χ2v) is 18.4. The molecule has 0 saturated heterocycles. The molecule has 0 amide bonds. The van der Waals surface area contributed by atoms with Gasteiger partial charge < -0.3 is 25.7 Å². The van der Waals surface area contributed by atoms with E-state index in [-0.39, 0.29) is 26.4 Å². The maximum Gasteiger partial charge on any atom is 0.278 e. The zero-order chi connectivity index (χ0) is 50.8. The average Bonchev–Trinajstić information content (AvgIpc) is 3.88. The second kappa shape index (κ2) is 26.7. The molecular weight excluding hydrogens is 966 g/mol. The van der Waals surface area contributed by atoms with Crippen molar-refractivity contribution in [2.75, 3.05) is 37.8 Å². The molecule has 0 spiro atoms. The number of unbranched alkanes of at least 4 members (excludes halogenated alkanes) is 4. The minimum absolute atomic E-state index is 0.0648. The number of fused-ring (bicyclic) bond motifs is 2. The fourth-order valence-electron chi connectivity index (χ4n) is 7.76. The fraction of sp³-hybridized carbons (Fsp3) is 0.250. The molecular formula is C56H57Cl2F4N7OS. The Hall–Kier alpha value is -6.45. The van der Waals surface area contributed by atoms with Crippen molar-refractivity contribution in [3.8, 4) is 46.2 Å². The Morgan fingerprint density at radius 2 is 1.04 bits per heavy atom. The standard InChI is InChI=1S/C26H23ClFN3.C26H24ClN3O.C4H10F3NS/c27-23-11-5-4-10-22(23)25-17-20-14-13-19(8-3-1-2-6-15-28)16-24(20)31(25)18-21-9-7-12-26(29)30-21;27-23-11-5-4-10-22(23)25-17-20-14-13-19(8-3-1-2-6-15-31)16-24(20)30(25)18-21-9-7-12-26(28)29-21;1-3-8(4-2)9(5,6)7/h4-5,7,9-14,16-17H,1-2,6,15,18H2,(H2,29,30);4-5,7,9-14,16-17,31H,1-2,6,15,18H2,(H2,28,29);3-4H2,1-2H3. The normalized spacial score (nSPS) is 11.2. The van der Waals surface area contributed by atoms with Gasteiger partial charge in [0.25, 0.3) is 11.4 Å². The first-order valence-corrected chi connectivity index (χ1v) is 25.4. The van der Waals surface area contributed by atoms with Crippen molar-refractivity contribution >= 4 is 68.0 Å². The van der Waals surface area contributed by atoms with E-state index in [1.807, 2.05) is 84.9 Å². The summed E-state index contributed by atoms with van der Waals surface area (Å²) in [5, 5.41) is 12.5. The Bertz CT molecular complexity index is 2950.